The van der Waals surface area contributed by atoms with Crippen molar-refractivity contribution in [3.8, 4) is 17.2 Å². The van der Waals surface area contributed by atoms with Gasteiger partial charge in [0.15, 0.2) is 17.5 Å². The molecule has 1 saturated heterocycles. The van der Waals surface area contributed by atoms with Crippen LogP contribution >= 0.6 is 0 Å². The van der Waals surface area contributed by atoms with E-state index in [-0.39, 0.29) is 5.41 Å². The molecule has 2 N–H and O–H groups in total. The lowest BCUT2D eigenvalue weighted by molar-refractivity contribution is 0.0514. The van der Waals surface area contributed by atoms with Gasteiger partial charge < -0.3 is 29.6 Å². The van der Waals surface area contributed by atoms with E-state index in [0.717, 1.165) is 67.9 Å². The van der Waals surface area contributed by atoms with Crippen LogP contribution in [0.1, 0.15) is 31.7 Å². The fourth-order valence-corrected chi connectivity index (χ4v) is 4.21. The van der Waals surface area contributed by atoms with Crippen LogP contribution in [0.2, 0.25) is 0 Å². The van der Waals surface area contributed by atoms with Gasteiger partial charge in [-0.1, -0.05) is 12.1 Å². The molecule has 172 valence electrons. The molecule has 1 fully saturated rings. The molecule has 32 heavy (non-hydrogen) atoms. The molecule has 7 nitrogen and oxygen atoms in total. The first-order valence-corrected chi connectivity index (χ1v) is 11.4. The third-order valence-electron chi connectivity index (χ3n) is 6.06. The molecule has 2 aliphatic heterocycles. The van der Waals surface area contributed by atoms with Gasteiger partial charge in [0.25, 0.3) is 0 Å². The molecule has 0 radical (unpaired) electrons. The molecular formula is C25H33N3O4. The summed E-state index contributed by atoms with van der Waals surface area (Å²) >= 11 is 0. The molecule has 2 aromatic rings. The zero-order valence-corrected chi connectivity index (χ0v) is 19.0. The van der Waals surface area contributed by atoms with Crippen LogP contribution in [-0.4, -0.2) is 52.6 Å². The second kappa shape index (κ2) is 10.6. The number of rotatable bonds is 6. The molecule has 0 atom stereocenters. The van der Waals surface area contributed by atoms with Gasteiger partial charge in [-0.3, -0.25) is 4.99 Å². The molecule has 4 rings (SSSR count). The predicted molar refractivity (Wildman–Crippen MR) is 126 cm³/mol. The molecule has 0 bridgehead atoms. The molecule has 2 aromatic carbocycles. The van der Waals surface area contributed by atoms with Crippen LogP contribution in [0.5, 0.6) is 17.2 Å². The number of nitrogens with zero attached hydrogens (tertiary/aromatic N) is 1. The van der Waals surface area contributed by atoms with Gasteiger partial charge in [0, 0.05) is 50.4 Å². The Balaban J connectivity index is 1.45. The SMILES string of the molecule is CCOc1ccc(C2(CNC(=NC)Nc3ccc4c(c3)OCCCO4)CCOCC2)cc1. The van der Waals surface area contributed by atoms with Crippen molar-refractivity contribution in [2.75, 3.05) is 51.9 Å². The van der Waals surface area contributed by atoms with Crippen molar-refractivity contribution < 1.29 is 18.9 Å². The van der Waals surface area contributed by atoms with Gasteiger partial charge in [0.1, 0.15) is 5.75 Å². The lowest BCUT2D eigenvalue weighted by Crippen LogP contribution is -2.46. The highest BCUT2D eigenvalue weighted by Gasteiger charge is 2.34. The first-order valence-electron chi connectivity index (χ1n) is 11.4. The Bertz CT molecular complexity index is 908. The molecule has 2 aliphatic rings. The molecular weight excluding hydrogens is 406 g/mol. The van der Waals surface area contributed by atoms with Crippen LogP contribution in [0.25, 0.3) is 0 Å². The first-order chi connectivity index (χ1) is 15.7. The highest BCUT2D eigenvalue weighted by atomic mass is 16.5. The summed E-state index contributed by atoms with van der Waals surface area (Å²) in [7, 11) is 1.78. The van der Waals surface area contributed by atoms with E-state index in [0.29, 0.717) is 19.8 Å². The first kappa shape index (κ1) is 22.3. The minimum atomic E-state index is -0.0225. The fourth-order valence-electron chi connectivity index (χ4n) is 4.21. The lowest BCUT2D eigenvalue weighted by atomic mass is 9.74. The zero-order chi connectivity index (χ0) is 22.2. The number of ether oxygens (including phenoxy) is 4. The van der Waals surface area contributed by atoms with Gasteiger partial charge >= 0.3 is 0 Å². The topological polar surface area (TPSA) is 73.3 Å². The molecule has 0 aliphatic carbocycles. The molecule has 0 aromatic heterocycles. The van der Waals surface area contributed by atoms with Gasteiger partial charge in [0.2, 0.25) is 0 Å². The number of aliphatic imine (C=N–C) groups is 1. The van der Waals surface area contributed by atoms with E-state index in [9.17, 15) is 0 Å². The Morgan fingerprint density at radius 1 is 1.00 bits per heavy atom. The van der Waals surface area contributed by atoms with E-state index in [1.165, 1.54) is 5.56 Å². The summed E-state index contributed by atoms with van der Waals surface area (Å²) in [4.78, 5) is 4.43. The number of anilines is 1. The average molecular weight is 440 g/mol. The lowest BCUT2D eigenvalue weighted by Gasteiger charge is -2.38. The Labute approximate surface area is 190 Å². The summed E-state index contributed by atoms with van der Waals surface area (Å²) in [5, 5.41) is 6.92. The molecule has 0 spiro atoms. The van der Waals surface area contributed by atoms with Gasteiger partial charge in [0.05, 0.1) is 19.8 Å². The highest BCUT2D eigenvalue weighted by Crippen LogP contribution is 2.35. The van der Waals surface area contributed by atoms with Gasteiger partial charge in [-0.15, -0.1) is 0 Å². The van der Waals surface area contributed by atoms with Crippen LogP contribution in [-0.2, 0) is 10.2 Å². The number of guanidine groups is 1. The fraction of sp³-hybridized carbons (Fsp3) is 0.480. The maximum absolute atomic E-state index is 5.81. The summed E-state index contributed by atoms with van der Waals surface area (Å²) < 4.78 is 22.8. The number of hydrogen-bond acceptors (Lipinski definition) is 5. The minimum Gasteiger partial charge on any atom is -0.494 e. The Morgan fingerprint density at radius 2 is 1.75 bits per heavy atom. The van der Waals surface area contributed by atoms with Crippen LogP contribution in [0.15, 0.2) is 47.5 Å². The van der Waals surface area contributed by atoms with Crippen LogP contribution in [0, 0.1) is 0 Å². The third kappa shape index (κ3) is 5.27. The molecule has 7 heteroatoms. The second-order valence-electron chi connectivity index (χ2n) is 8.11. The van der Waals surface area contributed by atoms with E-state index in [1.807, 2.05) is 25.1 Å². The number of hydrogen-bond donors (Lipinski definition) is 2. The van der Waals surface area contributed by atoms with Gasteiger partial charge in [-0.05, 0) is 49.6 Å². The van der Waals surface area contributed by atoms with Crippen LogP contribution in [0.4, 0.5) is 5.69 Å². The van der Waals surface area contributed by atoms with Crippen molar-refractivity contribution in [1.82, 2.24) is 5.32 Å². The highest BCUT2D eigenvalue weighted by molar-refractivity contribution is 5.94. The maximum Gasteiger partial charge on any atom is 0.195 e. The van der Waals surface area contributed by atoms with E-state index in [2.05, 4.69) is 39.9 Å². The van der Waals surface area contributed by atoms with Crippen LogP contribution in [0.3, 0.4) is 0 Å². The van der Waals surface area contributed by atoms with Gasteiger partial charge in [-0.25, -0.2) is 0 Å². The summed E-state index contributed by atoms with van der Waals surface area (Å²) in [6.45, 7) is 6.28. The molecule has 0 unspecified atom stereocenters. The standard InChI is InChI=1S/C25H33N3O4/c1-3-30-21-8-5-19(6-9-21)25(11-15-29-16-12-25)18-27-24(26-2)28-20-7-10-22-23(17-20)32-14-4-13-31-22/h5-10,17H,3-4,11-16,18H2,1-2H3,(H2,26,27,28). The van der Waals surface area contributed by atoms with E-state index >= 15 is 0 Å². The van der Waals surface area contributed by atoms with Crippen molar-refractivity contribution in [2.24, 2.45) is 4.99 Å². The number of fused-ring (bicyclic) bond motifs is 1. The summed E-state index contributed by atoms with van der Waals surface area (Å²) in [6.07, 6.45) is 2.79. The molecule has 0 amide bonds. The Morgan fingerprint density at radius 3 is 2.47 bits per heavy atom. The smallest absolute Gasteiger partial charge is 0.195 e. The van der Waals surface area contributed by atoms with E-state index < -0.39 is 0 Å². The van der Waals surface area contributed by atoms with Crippen molar-refractivity contribution in [3.05, 3.63) is 48.0 Å². The second-order valence-corrected chi connectivity index (χ2v) is 8.11. The van der Waals surface area contributed by atoms with Crippen molar-refractivity contribution in [1.29, 1.82) is 0 Å². The monoisotopic (exact) mass is 439 g/mol. The Hall–Kier alpha value is -2.93. The third-order valence-corrected chi connectivity index (χ3v) is 6.06. The van der Waals surface area contributed by atoms with Crippen molar-refractivity contribution in [2.45, 2.75) is 31.6 Å². The van der Waals surface area contributed by atoms with Gasteiger partial charge in [-0.2, -0.15) is 0 Å². The summed E-state index contributed by atoms with van der Waals surface area (Å²) in [5.41, 5.74) is 2.18. The van der Waals surface area contributed by atoms with E-state index in [4.69, 9.17) is 18.9 Å². The van der Waals surface area contributed by atoms with Crippen molar-refractivity contribution >= 4 is 11.6 Å². The quantitative estimate of drug-likeness (QED) is 0.524. The number of nitrogens with one attached hydrogen (secondary N) is 2. The van der Waals surface area contributed by atoms with Crippen LogP contribution < -0.4 is 24.8 Å². The molecule has 0 saturated carbocycles. The average Bonchev–Trinajstić information content (AvgIpc) is 3.08. The predicted octanol–water partition coefficient (Wildman–Crippen LogP) is 3.98. The number of benzene rings is 2. The molecule has 2 heterocycles. The maximum atomic E-state index is 5.81. The summed E-state index contributed by atoms with van der Waals surface area (Å²) in [6, 6.07) is 14.4. The van der Waals surface area contributed by atoms with E-state index in [1.54, 1.807) is 7.05 Å². The summed E-state index contributed by atoms with van der Waals surface area (Å²) in [5.74, 6) is 3.17. The largest absolute Gasteiger partial charge is 0.494 e. The Kier molecular flexibility index (Phi) is 7.37. The zero-order valence-electron chi connectivity index (χ0n) is 19.0. The van der Waals surface area contributed by atoms with Crippen molar-refractivity contribution in [3.63, 3.8) is 0 Å². The minimum absolute atomic E-state index is 0.0225. The normalized spacial score (nSPS) is 17.9.